The molecule has 0 aromatic heterocycles. The fourth-order valence-corrected chi connectivity index (χ4v) is 1.79. The molecule has 0 spiro atoms. The molecule has 1 aromatic carbocycles. The van der Waals surface area contributed by atoms with Crippen molar-refractivity contribution >= 4 is 11.9 Å². The summed E-state index contributed by atoms with van der Waals surface area (Å²) in [6, 6.07) is 6.23. The number of hydrogen-bond donors (Lipinski definition) is 3. The molecule has 0 saturated carbocycles. The number of carboxylic acids is 2. The Morgan fingerprint density at radius 3 is 2.31 bits per heavy atom. The number of carboxylic acid groups (broad SMARTS) is 2. The van der Waals surface area contributed by atoms with E-state index in [1.54, 1.807) is 7.11 Å². The Kier molecular flexibility index (Phi) is 13.9. The summed E-state index contributed by atoms with van der Waals surface area (Å²) >= 11 is 0. The first kappa shape index (κ1) is 23.8. The highest BCUT2D eigenvalue weighted by Gasteiger charge is 2.04. The van der Waals surface area contributed by atoms with Crippen molar-refractivity contribution in [2.24, 2.45) is 0 Å². The zero-order chi connectivity index (χ0) is 19.8. The number of hydrogen-bond acceptors (Lipinski definition) is 6. The van der Waals surface area contributed by atoms with Crippen LogP contribution in [0.2, 0.25) is 0 Å². The molecular weight excluding hydrogens is 342 g/mol. The maximum Gasteiger partial charge on any atom is 0.414 e. The lowest BCUT2D eigenvalue weighted by Crippen LogP contribution is -2.22. The standard InChI is InChI=1S/C16H27NO3.C2H2O4/c1-14-5-6-15(2)16(13-14)20-12-11-19-10-8-17-7-4-9-18-3;3-1(4)2(5)6/h5-6,13,17H,4,7-12H2,1-3H3;(H,3,4)(H,5,6). The third-order valence-corrected chi connectivity index (χ3v) is 3.14. The first-order valence-electron chi connectivity index (χ1n) is 8.32. The van der Waals surface area contributed by atoms with E-state index < -0.39 is 11.9 Å². The molecule has 0 heterocycles. The van der Waals surface area contributed by atoms with Gasteiger partial charge in [-0.05, 0) is 44.0 Å². The van der Waals surface area contributed by atoms with E-state index in [2.05, 4.69) is 37.4 Å². The Bertz CT molecular complexity index is 522. The summed E-state index contributed by atoms with van der Waals surface area (Å²) in [5.41, 5.74) is 2.38. The lowest BCUT2D eigenvalue weighted by Gasteiger charge is -2.10. The fraction of sp³-hybridized carbons (Fsp3) is 0.556. The first-order chi connectivity index (χ1) is 12.4. The van der Waals surface area contributed by atoms with Gasteiger partial charge in [0.05, 0.1) is 13.2 Å². The molecule has 0 aliphatic rings. The molecule has 0 bridgehead atoms. The van der Waals surface area contributed by atoms with Crippen molar-refractivity contribution in [2.45, 2.75) is 20.3 Å². The highest BCUT2D eigenvalue weighted by Crippen LogP contribution is 2.18. The molecule has 1 rings (SSSR count). The predicted molar refractivity (Wildman–Crippen MR) is 96.9 cm³/mol. The van der Waals surface area contributed by atoms with Crippen LogP contribution in [0.3, 0.4) is 0 Å². The quantitative estimate of drug-likeness (QED) is 0.396. The van der Waals surface area contributed by atoms with E-state index in [1.807, 2.05) is 0 Å². The molecule has 0 saturated heterocycles. The van der Waals surface area contributed by atoms with Crippen molar-refractivity contribution in [3.63, 3.8) is 0 Å². The third-order valence-electron chi connectivity index (χ3n) is 3.14. The van der Waals surface area contributed by atoms with E-state index in [1.165, 1.54) is 5.56 Å². The van der Waals surface area contributed by atoms with Crippen LogP contribution in [0.4, 0.5) is 0 Å². The summed E-state index contributed by atoms with van der Waals surface area (Å²) in [5.74, 6) is -2.70. The third kappa shape index (κ3) is 13.2. The van der Waals surface area contributed by atoms with Crippen molar-refractivity contribution in [2.75, 3.05) is 46.6 Å². The van der Waals surface area contributed by atoms with E-state index in [4.69, 9.17) is 34.0 Å². The Labute approximate surface area is 154 Å². The molecule has 3 N–H and O–H groups in total. The normalized spacial score (nSPS) is 9.96. The lowest BCUT2D eigenvalue weighted by atomic mass is 10.1. The van der Waals surface area contributed by atoms with Crippen LogP contribution < -0.4 is 10.1 Å². The summed E-state index contributed by atoms with van der Waals surface area (Å²) in [6.45, 7) is 8.68. The number of methoxy groups -OCH3 is 1. The van der Waals surface area contributed by atoms with Gasteiger partial charge < -0.3 is 29.7 Å². The molecule has 0 aliphatic carbocycles. The summed E-state index contributed by atoms with van der Waals surface area (Å²) in [6.07, 6.45) is 1.03. The van der Waals surface area contributed by atoms with Gasteiger partial charge in [-0.3, -0.25) is 0 Å². The second-order valence-electron chi connectivity index (χ2n) is 5.44. The van der Waals surface area contributed by atoms with Crippen LogP contribution in [-0.2, 0) is 19.1 Å². The van der Waals surface area contributed by atoms with Crippen molar-refractivity contribution in [1.29, 1.82) is 0 Å². The van der Waals surface area contributed by atoms with Crippen LogP contribution in [-0.4, -0.2) is 68.8 Å². The largest absolute Gasteiger partial charge is 0.491 e. The molecular formula is C18H29NO7. The smallest absolute Gasteiger partial charge is 0.414 e. The topological polar surface area (TPSA) is 114 Å². The number of benzene rings is 1. The van der Waals surface area contributed by atoms with Crippen LogP contribution in [0.15, 0.2) is 18.2 Å². The molecule has 0 atom stereocenters. The van der Waals surface area contributed by atoms with Gasteiger partial charge in [0.1, 0.15) is 12.4 Å². The maximum atomic E-state index is 9.10. The Morgan fingerprint density at radius 1 is 1.00 bits per heavy atom. The number of ether oxygens (including phenoxy) is 3. The molecule has 0 unspecified atom stereocenters. The van der Waals surface area contributed by atoms with Gasteiger partial charge in [0.15, 0.2) is 0 Å². The van der Waals surface area contributed by atoms with Crippen LogP contribution in [0.25, 0.3) is 0 Å². The minimum Gasteiger partial charge on any atom is -0.491 e. The average molecular weight is 371 g/mol. The van der Waals surface area contributed by atoms with Gasteiger partial charge in [-0.1, -0.05) is 12.1 Å². The molecule has 26 heavy (non-hydrogen) atoms. The van der Waals surface area contributed by atoms with Crippen molar-refractivity contribution in [3.05, 3.63) is 29.3 Å². The maximum absolute atomic E-state index is 9.10. The van der Waals surface area contributed by atoms with Crippen molar-refractivity contribution in [1.82, 2.24) is 5.32 Å². The van der Waals surface area contributed by atoms with E-state index in [-0.39, 0.29) is 0 Å². The van der Waals surface area contributed by atoms with Gasteiger partial charge in [0.2, 0.25) is 0 Å². The van der Waals surface area contributed by atoms with Gasteiger partial charge in [-0.25, -0.2) is 9.59 Å². The van der Waals surface area contributed by atoms with Gasteiger partial charge in [0.25, 0.3) is 0 Å². The Hall–Kier alpha value is -2.16. The number of carbonyl (C=O) groups is 2. The van der Waals surface area contributed by atoms with Crippen molar-refractivity contribution in [3.8, 4) is 5.75 Å². The van der Waals surface area contributed by atoms with Crippen LogP contribution >= 0.6 is 0 Å². The summed E-state index contributed by atoms with van der Waals surface area (Å²) < 4.78 is 16.2. The number of rotatable bonds is 11. The molecule has 148 valence electrons. The van der Waals surface area contributed by atoms with Crippen LogP contribution in [0, 0.1) is 13.8 Å². The predicted octanol–water partition coefficient (Wildman–Crippen LogP) is 1.48. The second-order valence-corrected chi connectivity index (χ2v) is 5.44. The van der Waals surface area contributed by atoms with E-state index in [0.717, 1.165) is 37.4 Å². The van der Waals surface area contributed by atoms with E-state index in [9.17, 15) is 0 Å². The number of aliphatic carboxylic acids is 2. The van der Waals surface area contributed by atoms with Crippen LogP contribution in [0.5, 0.6) is 5.75 Å². The SMILES string of the molecule is COCCCNCCOCCOc1cc(C)ccc1C.O=C(O)C(=O)O. The molecule has 1 aromatic rings. The zero-order valence-electron chi connectivity index (χ0n) is 15.6. The lowest BCUT2D eigenvalue weighted by molar-refractivity contribution is -0.159. The van der Waals surface area contributed by atoms with E-state index in [0.29, 0.717) is 19.8 Å². The Balaban J connectivity index is 0.000000896. The second kappa shape index (κ2) is 15.1. The molecule has 0 fully saturated rings. The highest BCUT2D eigenvalue weighted by molar-refractivity contribution is 6.27. The fourth-order valence-electron chi connectivity index (χ4n) is 1.79. The molecule has 0 amide bonds. The molecule has 0 aliphatic heterocycles. The van der Waals surface area contributed by atoms with E-state index >= 15 is 0 Å². The molecule has 8 heteroatoms. The minimum absolute atomic E-state index is 0.591. The molecule has 8 nitrogen and oxygen atoms in total. The van der Waals surface area contributed by atoms with Gasteiger partial charge in [-0.2, -0.15) is 0 Å². The number of aryl methyl sites for hydroxylation is 2. The summed E-state index contributed by atoms with van der Waals surface area (Å²) in [5, 5.41) is 18.1. The van der Waals surface area contributed by atoms with Gasteiger partial charge in [-0.15, -0.1) is 0 Å². The molecule has 0 radical (unpaired) electrons. The average Bonchev–Trinajstić information content (AvgIpc) is 2.60. The first-order valence-corrected chi connectivity index (χ1v) is 8.32. The van der Waals surface area contributed by atoms with Gasteiger partial charge >= 0.3 is 11.9 Å². The van der Waals surface area contributed by atoms with Crippen LogP contribution in [0.1, 0.15) is 17.5 Å². The summed E-state index contributed by atoms with van der Waals surface area (Å²) in [4.78, 5) is 18.2. The number of nitrogens with one attached hydrogen (secondary N) is 1. The minimum atomic E-state index is -1.82. The monoisotopic (exact) mass is 371 g/mol. The van der Waals surface area contributed by atoms with Gasteiger partial charge in [0, 0.05) is 20.3 Å². The zero-order valence-corrected chi connectivity index (χ0v) is 15.6. The summed E-state index contributed by atoms with van der Waals surface area (Å²) in [7, 11) is 1.72. The Morgan fingerprint density at radius 2 is 1.69 bits per heavy atom. The highest BCUT2D eigenvalue weighted by atomic mass is 16.5. The van der Waals surface area contributed by atoms with Crippen molar-refractivity contribution < 1.29 is 34.0 Å².